The van der Waals surface area contributed by atoms with Gasteiger partial charge in [-0.05, 0) is 50.5 Å². The minimum Gasteiger partial charge on any atom is -0.341 e. The molecule has 0 unspecified atom stereocenters. The summed E-state index contributed by atoms with van der Waals surface area (Å²) in [4.78, 5) is 23.8. The monoisotopic (exact) mass is 324 g/mol. The number of anilines is 2. The zero-order valence-corrected chi connectivity index (χ0v) is 14.4. The number of hydrogen-bond donors (Lipinski definition) is 1. The second-order valence-electron chi connectivity index (χ2n) is 6.42. The van der Waals surface area contributed by atoms with E-state index in [4.69, 9.17) is 0 Å². The number of carbonyl (C=O) groups is 1. The second-order valence-corrected chi connectivity index (χ2v) is 6.42. The van der Waals surface area contributed by atoms with Crippen LogP contribution < -0.4 is 10.2 Å². The molecule has 24 heavy (non-hydrogen) atoms. The molecule has 1 aromatic heterocycles. The highest BCUT2D eigenvalue weighted by molar-refractivity contribution is 6.03. The summed E-state index contributed by atoms with van der Waals surface area (Å²) >= 11 is 0. The molecule has 1 aliphatic rings. The van der Waals surface area contributed by atoms with Gasteiger partial charge in [-0.1, -0.05) is 25.0 Å². The molecule has 5 nitrogen and oxygen atoms in total. The fraction of sp³-hybridized carbons (Fsp3) is 0.421. The zero-order chi connectivity index (χ0) is 16.9. The second kappa shape index (κ2) is 7.43. The molecule has 126 valence electrons. The highest BCUT2D eigenvalue weighted by Gasteiger charge is 2.16. The topological polar surface area (TPSA) is 58.1 Å². The number of hydrogen-bond acceptors (Lipinski definition) is 4. The standard InChI is InChI=1S/C19H24N4O/c1-14-8-7-9-16(12-14)21-18(24)17-13-15(2)20-19(22-17)23-10-5-3-4-6-11-23/h7-9,12-13H,3-6,10-11H2,1-2H3,(H,21,24). The molecule has 3 rings (SSSR count). The van der Waals surface area contributed by atoms with E-state index in [2.05, 4.69) is 20.2 Å². The van der Waals surface area contributed by atoms with Crippen LogP contribution in [0.5, 0.6) is 0 Å². The summed E-state index contributed by atoms with van der Waals surface area (Å²) in [7, 11) is 0. The van der Waals surface area contributed by atoms with Gasteiger partial charge in [0.25, 0.3) is 5.91 Å². The maximum Gasteiger partial charge on any atom is 0.274 e. The van der Waals surface area contributed by atoms with E-state index in [-0.39, 0.29) is 5.91 Å². The summed E-state index contributed by atoms with van der Waals surface area (Å²) < 4.78 is 0. The fourth-order valence-electron chi connectivity index (χ4n) is 3.00. The van der Waals surface area contributed by atoms with Crippen molar-refractivity contribution in [3.05, 3.63) is 47.3 Å². The molecule has 5 heteroatoms. The third-order valence-electron chi connectivity index (χ3n) is 4.24. The van der Waals surface area contributed by atoms with Crippen molar-refractivity contribution >= 4 is 17.5 Å². The van der Waals surface area contributed by atoms with Crippen LogP contribution in [0.15, 0.2) is 30.3 Å². The Kier molecular flexibility index (Phi) is 5.08. The van der Waals surface area contributed by atoms with E-state index in [1.54, 1.807) is 6.07 Å². The first-order chi connectivity index (χ1) is 11.6. The van der Waals surface area contributed by atoms with Gasteiger partial charge >= 0.3 is 0 Å². The van der Waals surface area contributed by atoms with Crippen molar-refractivity contribution in [3.63, 3.8) is 0 Å². The maximum absolute atomic E-state index is 12.6. The molecule has 0 saturated carbocycles. The summed E-state index contributed by atoms with van der Waals surface area (Å²) in [6.45, 7) is 5.83. The molecule has 0 radical (unpaired) electrons. The minimum atomic E-state index is -0.192. The quantitative estimate of drug-likeness (QED) is 0.934. The van der Waals surface area contributed by atoms with Crippen molar-refractivity contribution in [1.82, 2.24) is 9.97 Å². The SMILES string of the molecule is Cc1cccc(NC(=O)c2cc(C)nc(N3CCCCCC3)n2)c1. The Morgan fingerprint density at radius 1 is 1.04 bits per heavy atom. The van der Waals surface area contributed by atoms with Crippen LogP contribution in [0.1, 0.15) is 47.4 Å². The number of amides is 1. The summed E-state index contributed by atoms with van der Waals surface area (Å²) in [5, 5.41) is 2.92. The van der Waals surface area contributed by atoms with Crippen molar-refractivity contribution in [2.24, 2.45) is 0 Å². The number of nitrogens with one attached hydrogen (secondary N) is 1. The molecular weight excluding hydrogens is 300 g/mol. The third-order valence-corrected chi connectivity index (χ3v) is 4.24. The van der Waals surface area contributed by atoms with Gasteiger partial charge in [-0.25, -0.2) is 9.97 Å². The van der Waals surface area contributed by atoms with Crippen LogP contribution >= 0.6 is 0 Å². The number of benzene rings is 1. The molecule has 0 aliphatic carbocycles. The van der Waals surface area contributed by atoms with Gasteiger partial charge in [-0.2, -0.15) is 0 Å². The number of aromatic nitrogens is 2. The molecule has 0 bridgehead atoms. The minimum absolute atomic E-state index is 0.192. The molecule has 1 aliphatic heterocycles. The summed E-state index contributed by atoms with van der Waals surface area (Å²) in [6.07, 6.45) is 4.82. The predicted octanol–water partition coefficient (Wildman–Crippen LogP) is 3.73. The van der Waals surface area contributed by atoms with Crippen LogP contribution in [0, 0.1) is 13.8 Å². The Balaban J connectivity index is 1.81. The highest BCUT2D eigenvalue weighted by atomic mass is 16.1. The maximum atomic E-state index is 12.6. The van der Waals surface area contributed by atoms with Crippen molar-refractivity contribution in [2.45, 2.75) is 39.5 Å². The Hall–Kier alpha value is -2.43. The molecule has 1 amide bonds. The molecule has 2 aromatic rings. The molecule has 0 spiro atoms. The van der Waals surface area contributed by atoms with Gasteiger partial charge in [0, 0.05) is 24.5 Å². The molecule has 1 saturated heterocycles. The Morgan fingerprint density at radius 2 is 1.79 bits per heavy atom. The number of nitrogens with zero attached hydrogens (tertiary/aromatic N) is 3. The fourth-order valence-corrected chi connectivity index (χ4v) is 3.00. The lowest BCUT2D eigenvalue weighted by atomic mass is 10.2. The van der Waals surface area contributed by atoms with Gasteiger partial charge in [-0.3, -0.25) is 4.79 Å². The smallest absolute Gasteiger partial charge is 0.274 e. The Morgan fingerprint density at radius 3 is 2.50 bits per heavy atom. The highest BCUT2D eigenvalue weighted by Crippen LogP contribution is 2.17. The normalized spacial score (nSPS) is 15.0. The third kappa shape index (κ3) is 4.10. The predicted molar refractivity (Wildman–Crippen MR) is 96.6 cm³/mol. The molecule has 1 aromatic carbocycles. The first-order valence-electron chi connectivity index (χ1n) is 8.60. The van der Waals surface area contributed by atoms with Crippen LogP contribution in [-0.4, -0.2) is 29.0 Å². The molecule has 2 heterocycles. The van der Waals surface area contributed by atoms with Crippen LogP contribution in [0.2, 0.25) is 0 Å². The van der Waals surface area contributed by atoms with Crippen LogP contribution in [0.25, 0.3) is 0 Å². The van der Waals surface area contributed by atoms with E-state index in [0.29, 0.717) is 11.6 Å². The average molecular weight is 324 g/mol. The molecule has 1 N–H and O–H groups in total. The van der Waals surface area contributed by atoms with Gasteiger partial charge < -0.3 is 10.2 Å². The number of aryl methyl sites for hydroxylation is 2. The van der Waals surface area contributed by atoms with Gasteiger partial charge in [0.05, 0.1) is 0 Å². The average Bonchev–Trinajstić information content (AvgIpc) is 2.83. The number of rotatable bonds is 3. The molecule has 1 fully saturated rings. The van der Waals surface area contributed by atoms with Crippen LogP contribution in [0.3, 0.4) is 0 Å². The van der Waals surface area contributed by atoms with Gasteiger partial charge in [0.15, 0.2) is 0 Å². The van der Waals surface area contributed by atoms with Gasteiger partial charge in [0.1, 0.15) is 5.69 Å². The van der Waals surface area contributed by atoms with Gasteiger partial charge in [0.2, 0.25) is 5.95 Å². The summed E-state index contributed by atoms with van der Waals surface area (Å²) in [6, 6.07) is 9.50. The first-order valence-corrected chi connectivity index (χ1v) is 8.60. The van der Waals surface area contributed by atoms with E-state index in [9.17, 15) is 4.79 Å². The zero-order valence-electron chi connectivity index (χ0n) is 14.4. The molecular formula is C19H24N4O. The van der Waals surface area contributed by atoms with E-state index in [1.807, 2.05) is 38.1 Å². The van der Waals surface area contributed by atoms with Crippen molar-refractivity contribution < 1.29 is 4.79 Å². The van der Waals surface area contributed by atoms with Gasteiger partial charge in [-0.15, -0.1) is 0 Å². The largest absolute Gasteiger partial charge is 0.341 e. The summed E-state index contributed by atoms with van der Waals surface area (Å²) in [5.41, 5.74) is 3.13. The van der Waals surface area contributed by atoms with E-state index >= 15 is 0 Å². The summed E-state index contributed by atoms with van der Waals surface area (Å²) in [5.74, 6) is 0.480. The molecule has 0 atom stereocenters. The van der Waals surface area contributed by atoms with E-state index in [1.165, 1.54) is 12.8 Å². The lowest BCUT2D eigenvalue weighted by molar-refractivity contribution is 0.102. The van der Waals surface area contributed by atoms with E-state index < -0.39 is 0 Å². The lowest BCUT2D eigenvalue weighted by Crippen LogP contribution is -2.27. The van der Waals surface area contributed by atoms with Crippen molar-refractivity contribution in [3.8, 4) is 0 Å². The Labute approximate surface area is 143 Å². The van der Waals surface area contributed by atoms with E-state index in [0.717, 1.165) is 42.9 Å². The number of carbonyl (C=O) groups excluding carboxylic acids is 1. The lowest BCUT2D eigenvalue weighted by Gasteiger charge is -2.21. The Bertz CT molecular complexity index is 721. The van der Waals surface area contributed by atoms with Crippen molar-refractivity contribution in [1.29, 1.82) is 0 Å². The van der Waals surface area contributed by atoms with Crippen LogP contribution in [-0.2, 0) is 0 Å². The van der Waals surface area contributed by atoms with Crippen molar-refractivity contribution in [2.75, 3.05) is 23.3 Å². The first kappa shape index (κ1) is 16.4. The van der Waals surface area contributed by atoms with Crippen LogP contribution in [0.4, 0.5) is 11.6 Å².